The van der Waals surface area contributed by atoms with E-state index in [1.54, 1.807) is 0 Å². The summed E-state index contributed by atoms with van der Waals surface area (Å²) in [5.74, 6) is -0.255. The highest BCUT2D eigenvalue weighted by molar-refractivity contribution is 6.74. The molecule has 0 bridgehead atoms. The lowest BCUT2D eigenvalue weighted by Crippen LogP contribution is -2.76. The van der Waals surface area contributed by atoms with Crippen LogP contribution in [0.25, 0.3) is 0 Å². The molecule has 11 heteroatoms. The maximum Gasteiger partial charge on any atom is 0.328 e. The van der Waals surface area contributed by atoms with Crippen LogP contribution in [-0.4, -0.2) is 82.9 Å². The molecule has 1 fully saturated rings. The van der Waals surface area contributed by atoms with Crippen LogP contribution >= 0.6 is 0 Å². The molecule has 0 amide bonds. The first kappa shape index (κ1) is 30.4. The van der Waals surface area contributed by atoms with E-state index in [2.05, 4.69) is 103 Å². The third-order valence-electron chi connectivity index (χ3n) is 4.79. The third-order valence-corrected chi connectivity index (χ3v) is 10.8. The van der Waals surface area contributed by atoms with Gasteiger partial charge < -0.3 is 22.3 Å². The van der Waals surface area contributed by atoms with Crippen molar-refractivity contribution in [1.82, 2.24) is 4.57 Å². The van der Waals surface area contributed by atoms with Crippen LogP contribution < -0.4 is 0 Å². The molecule has 6 nitrogen and oxygen atoms in total. The zero-order chi connectivity index (χ0) is 25.6. The summed E-state index contributed by atoms with van der Waals surface area (Å²) in [6.07, 6.45) is -0.691. The average molecular weight is 538 g/mol. The van der Waals surface area contributed by atoms with Crippen LogP contribution in [0.3, 0.4) is 0 Å². The molecule has 0 N–H and O–H groups in total. The fraction of sp³-hybridized carbons (Fsp3) is 0.952. The van der Waals surface area contributed by atoms with E-state index in [0.717, 1.165) is 6.54 Å². The van der Waals surface area contributed by atoms with E-state index >= 15 is 0 Å². The summed E-state index contributed by atoms with van der Waals surface area (Å²) in [6, 6.07) is 0. The van der Waals surface area contributed by atoms with Gasteiger partial charge in [-0.1, -0.05) is 19.6 Å². The molecule has 1 heterocycles. The topological polar surface area (TPSA) is 57.2 Å². The molecule has 0 saturated carbocycles. The Balaban J connectivity index is 3.79. The number of rotatable bonds is 9. The molecule has 0 radical (unpaired) electrons. The van der Waals surface area contributed by atoms with E-state index in [9.17, 15) is 4.79 Å². The minimum Gasteiger partial charge on any atom is -0.518 e. The van der Waals surface area contributed by atoms with Gasteiger partial charge in [-0.05, 0) is 78.6 Å². The van der Waals surface area contributed by atoms with Crippen molar-refractivity contribution in [2.45, 2.75) is 116 Å². The van der Waals surface area contributed by atoms with Crippen molar-refractivity contribution in [2.24, 2.45) is 0 Å². The second-order valence-corrected chi connectivity index (χ2v) is 36.8. The maximum absolute atomic E-state index is 14.1. The van der Waals surface area contributed by atoms with Gasteiger partial charge in [-0.25, -0.2) is 0 Å². The minimum absolute atomic E-state index is 0.223. The normalized spacial score (nSPS) is 26.8. The first-order valence-corrected chi connectivity index (χ1v) is 29.0. The third kappa shape index (κ3) is 9.57. The Morgan fingerprint density at radius 1 is 0.719 bits per heavy atom. The van der Waals surface area contributed by atoms with E-state index in [1.807, 2.05) is 0 Å². The van der Waals surface area contributed by atoms with Gasteiger partial charge in [0, 0.05) is 13.1 Å². The van der Waals surface area contributed by atoms with Crippen molar-refractivity contribution < 1.29 is 22.5 Å². The van der Waals surface area contributed by atoms with E-state index in [-0.39, 0.29) is 12.1 Å². The van der Waals surface area contributed by atoms with Crippen LogP contribution in [0.4, 0.5) is 0 Å². The van der Waals surface area contributed by atoms with Crippen molar-refractivity contribution in [3.05, 3.63) is 0 Å². The summed E-state index contributed by atoms with van der Waals surface area (Å²) in [4.78, 5) is 14.1. The van der Waals surface area contributed by atoms with Crippen molar-refractivity contribution in [3.8, 4) is 0 Å². The molecule has 190 valence electrons. The highest BCUT2D eigenvalue weighted by Crippen LogP contribution is 2.39. The standard InChI is InChI=1S/C21H51NO5Si5/c1-28(2,3)22-16-18(24-29(4,5)6)19(25-30(7,8)9)21(17-22,27-32(13,14)15)20(23)26-31(10,11)12/h18-19H,16-17H2,1-15H3/t18-,19+,21-/m1/s1. The number of carbonyl (C=O) groups is 1. The summed E-state index contributed by atoms with van der Waals surface area (Å²) >= 11 is 0. The first-order valence-electron chi connectivity index (χ1n) is 11.9. The van der Waals surface area contributed by atoms with Crippen LogP contribution in [0.2, 0.25) is 98.2 Å². The van der Waals surface area contributed by atoms with Gasteiger partial charge in [0.2, 0.25) is 8.32 Å². The molecule has 1 rings (SSSR count). The summed E-state index contributed by atoms with van der Waals surface area (Å²) in [5, 5.41) is 0. The van der Waals surface area contributed by atoms with Crippen LogP contribution in [0.5, 0.6) is 0 Å². The minimum atomic E-state index is -2.15. The Kier molecular flexibility index (Phi) is 9.32. The van der Waals surface area contributed by atoms with Crippen LogP contribution in [0, 0.1) is 0 Å². The Morgan fingerprint density at radius 3 is 1.53 bits per heavy atom. The molecule has 0 aliphatic carbocycles. The Bertz CT molecular complexity index is 658. The van der Waals surface area contributed by atoms with Crippen molar-refractivity contribution >= 4 is 47.5 Å². The van der Waals surface area contributed by atoms with E-state index in [1.165, 1.54) is 0 Å². The quantitative estimate of drug-likeness (QED) is 0.360. The molecule has 3 atom stereocenters. The second kappa shape index (κ2) is 9.80. The van der Waals surface area contributed by atoms with Gasteiger partial charge in [0.05, 0.1) is 6.10 Å². The molecule has 1 aliphatic heterocycles. The van der Waals surface area contributed by atoms with Crippen molar-refractivity contribution in [1.29, 1.82) is 0 Å². The Hall–Kier alpha value is 0.394. The van der Waals surface area contributed by atoms with Gasteiger partial charge >= 0.3 is 5.97 Å². The fourth-order valence-corrected chi connectivity index (χ4v) is 9.62. The Morgan fingerprint density at radius 2 is 1.19 bits per heavy atom. The molecular formula is C21H51NO5Si5. The lowest BCUT2D eigenvalue weighted by atomic mass is 9.89. The fourth-order valence-electron chi connectivity index (χ4n) is 3.89. The second-order valence-electron chi connectivity index (χ2n) is 14.1. The molecule has 32 heavy (non-hydrogen) atoms. The van der Waals surface area contributed by atoms with Gasteiger partial charge in [0.15, 0.2) is 30.6 Å². The lowest BCUT2D eigenvalue weighted by molar-refractivity contribution is -0.182. The molecule has 0 spiro atoms. The molecular weight excluding hydrogens is 487 g/mol. The monoisotopic (exact) mass is 537 g/mol. The van der Waals surface area contributed by atoms with Gasteiger partial charge in [0.1, 0.15) is 14.3 Å². The number of nitrogens with zero attached hydrogens (tertiary/aromatic N) is 1. The highest BCUT2D eigenvalue weighted by Gasteiger charge is 2.61. The number of piperidine rings is 1. The summed E-state index contributed by atoms with van der Waals surface area (Å²) in [7, 11) is -10.0. The van der Waals surface area contributed by atoms with Crippen LogP contribution in [0.15, 0.2) is 0 Å². The maximum atomic E-state index is 14.1. The SMILES string of the molecule is C[Si](C)(C)OC(=O)[C@@]1(O[Si](C)(C)C)CN([Si](C)(C)C)C[C@@H](O[Si](C)(C)C)[C@@H]1O[Si](C)(C)C. The largest absolute Gasteiger partial charge is 0.518 e. The van der Waals surface area contributed by atoms with Crippen molar-refractivity contribution in [3.63, 3.8) is 0 Å². The van der Waals surface area contributed by atoms with E-state index < -0.39 is 53.2 Å². The van der Waals surface area contributed by atoms with Crippen molar-refractivity contribution in [2.75, 3.05) is 13.1 Å². The number of hydrogen-bond acceptors (Lipinski definition) is 6. The molecule has 0 aromatic carbocycles. The van der Waals surface area contributed by atoms with Gasteiger partial charge in [-0.3, -0.25) is 4.79 Å². The molecule has 1 saturated heterocycles. The first-order chi connectivity index (χ1) is 13.8. The predicted molar refractivity (Wildman–Crippen MR) is 148 cm³/mol. The summed E-state index contributed by atoms with van der Waals surface area (Å²) in [6.45, 7) is 34.0. The predicted octanol–water partition coefficient (Wildman–Crippen LogP) is 5.55. The molecule has 0 aromatic heterocycles. The zero-order valence-electron chi connectivity index (χ0n) is 23.6. The van der Waals surface area contributed by atoms with E-state index in [4.69, 9.17) is 17.7 Å². The Labute approximate surface area is 203 Å². The van der Waals surface area contributed by atoms with Gasteiger partial charge in [0.25, 0.3) is 0 Å². The zero-order valence-corrected chi connectivity index (χ0v) is 28.6. The van der Waals surface area contributed by atoms with Crippen LogP contribution in [0.1, 0.15) is 0 Å². The average Bonchev–Trinajstić information content (AvgIpc) is 2.43. The van der Waals surface area contributed by atoms with Gasteiger partial charge in [-0.15, -0.1) is 0 Å². The van der Waals surface area contributed by atoms with E-state index in [0.29, 0.717) is 6.54 Å². The summed E-state index contributed by atoms with van der Waals surface area (Å²) in [5.41, 5.74) is -1.17. The number of carbonyl (C=O) groups excluding carboxylic acids is 1. The lowest BCUT2D eigenvalue weighted by Gasteiger charge is -2.56. The van der Waals surface area contributed by atoms with Gasteiger partial charge in [-0.2, -0.15) is 0 Å². The summed E-state index contributed by atoms with van der Waals surface area (Å²) < 4.78 is 29.2. The molecule has 0 unspecified atom stereocenters. The molecule has 0 aromatic rings. The molecule has 1 aliphatic rings. The van der Waals surface area contributed by atoms with Crippen LogP contribution in [-0.2, 0) is 22.5 Å². The number of hydrogen-bond donors (Lipinski definition) is 0. The smallest absolute Gasteiger partial charge is 0.328 e. The highest BCUT2D eigenvalue weighted by atomic mass is 28.4.